The van der Waals surface area contributed by atoms with E-state index >= 15 is 0 Å². The number of fused-ring (bicyclic) bond motifs is 1. The van der Waals surface area contributed by atoms with Gasteiger partial charge in [-0.1, -0.05) is 53.7 Å². The van der Waals surface area contributed by atoms with Crippen molar-refractivity contribution in [2.24, 2.45) is 5.10 Å². The smallest absolute Gasteiger partial charge is 0.250 e. The average Bonchev–Trinajstić information content (AvgIpc) is 3.19. The Bertz CT molecular complexity index is 1340. The minimum Gasteiger partial charge on any atom is -0.504 e. The van der Waals surface area contributed by atoms with Crippen LogP contribution in [0.5, 0.6) is 11.5 Å². The lowest BCUT2D eigenvalue weighted by Crippen LogP contribution is -2.20. The van der Waals surface area contributed by atoms with Crippen molar-refractivity contribution in [3.63, 3.8) is 0 Å². The number of para-hydroxylation sites is 2. The maximum absolute atomic E-state index is 12.4. The molecule has 7 nitrogen and oxygen atoms in total. The Balaban J connectivity index is 1.43. The van der Waals surface area contributed by atoms with E-state index in [-0.39, 0.29) is 17.4 Å². The van der Waals surface area contributed by atoms with Crippen molar-refractivity contribution in [1.29, 1.82) is 0 Å². The van der Waals surface area contributed by atoms with Crippen LogP contribution in [0.15, 0.2) is 77.0 Å². The molecule has 0 atom stereocenters. The molecule has 0 saturated heterocycles. The number of carbonyl (C=O) groups is 1. The van der Waals surface area contributed by atoms with Gasteiger partial charge >= 0.3 is 0 Å². The Kier molecular flexibility index (Phi) is 7.72. The fourth-order valence-corrected chi connectivity index (χ4v) is 4.34. The topological polar surface area (TPSA) is 88.7 Å². The van der Waals surface area contributed by atoms with Crippen molar-refractivity contribution < 1.29 is 14.6 Å². The second-order valence-electron chi connectivity index (χ2n) is 7.30. The third-order valence-corrected chi connectivity index (χ3v) is 6.27. The number of amides is 1. The van der Waals surface area contributed by atoms with E-state index in [1.54, 1.807) is 12.1 Å². The van der Waals surface area contributed by atoms with Crippen LogP contribution in [-0.4, -0.2) is 39.1 Å². The number of hydrogen-bond acceptors (Lipinski definition) is 6. The molecule has 0 saturated carbocycles. The van der Waals surface area contributed by atoms with E-state index in [1.807, 2.05) is 55.5 Å². The predicted molar refractivity (Wildman–Crippen MR) is 136 cm³/mol. The summed E-state index contributed by atoms with van der Waals surface area (Å²) in [5.74, 6) is 0.300. The van der Waals surface area contributed by atoms with Gasteiger partial charge in [-0.05, 0) is 54.4 Å². The summed E-state index contributed by atoms with van der Waals surface area (Å²) < 4.78 is 7.42. The molecule has 1 heterocycles. The number of hydrazone groups is 1. The number of rotatable bonds is 9. The van der Waals surface area contributed by atoms with Crippen molar-refractivity contribution in [1.82, 2.24) is 15.0 Å². The average molecular weight is 495 g/mol. The van der Waals surface area contributed by atoms with E-state index in [1.165, 1.54) is 24.0 Å². The molecule has 9 heteroatoms. The second-order valence-corrected chi connectivity index (χ2v) is 8.65. The summed E-state index contributed by atoms with van der Waals surface area (Å²) in [6, 6.07) is 20.4. The number of imidazole rings is 1. The lowest BCUT2D eigenvalue weighted by Gasteiger charge is -2.10. The monoisotopic (exact) mass is 494 g/mol. The molecular formula is C25H23ClN4O3S. The first-order valence-corrected chi connectivity index (χ1v) is 12.0. The number of hydrogen-bond donors (Lipinski definition) is 2. The van der Waals surface area contributed by atoms with Gasteiger partial charge in [0, 0.05) is 5.02 Å². The number of carbonyl (C=O) groups excluding carboxylic acids is 1. The van der Waals surface area contributed by atoms with Crippen molar-refractivity contribution in [2.45, 2.75) is 18.6 Å². The van der Waals surface area contributed by atoms with Crippen LogP contribution in [0.25, 0.3) is 11.0 Å². The van der Waals surface area contributed by atoms with Gasteiger partial charge in [0.1, 0.15) is 0 Å². The molecule has 3 aromatic carbocycles. The summed E-state index contributed by atoms with van der Waals surface area (Å²) in [5.41, 5.74) is 6.02. The van der Waals surface area contributed by atoms with E-state index in [2.05, 4.69) is 15.1 Å². The highest BCUT2D eigenvalue weighted by Gasteiger charge is 2.14. The lowest BCUT2D eigenvalue weighted by atomic mass is 10.2. The summed E-state index contributed by atoms with van der Waals surface area (Å²) in [6.45, 7) is 2.81. The zero-order valence-corrected chi connectivity index (χ0v) is 20.0. The molecule has 0 spiro atoms. The zero-order chi connectivity index (χ0) is 23.9. The van der Waals surface area contributed by atoms with Gasteiger partial charge in [0.2, 0.25) is 0 Å². The summed E-state index contributed by atoms with van der Waals surface area (Å²) in [6.07, 6.45) is 1.50. The molecule has 34 heavy (non-hydrogen) atoms. The van der Waals surface area contributed by atoms with Crippen LogP contribution in [0.3, 0.4) is 0 Å². The highest BCUT2D eigenvalue weighted by atomic mass is 35.5. The normalized spacial score (nSPS) is 11.2. The molecule has 4 aromatic rings. The molecule has 0 aliphatic heterocycles. The van der Waals surface area contributed by atoms with Gasteiger partial charge in [-0.2, -0.15) is 5.10 Å². The fraction of sp³-hybridized carbons (Fsp3) is 0.160. The molecule has 0 radical (unpaired) electrons. The minimum absolute atomic E-state index is 0.0547. The first kappa shape index (κ1) is 23.7. The van der Waals surface area contributed by atoms with E-state index < -0.39 is 0 Å². The van der Waals surface area contributed by atoms with Gasteiger partial charge in [-0.25, -0.2) is 10.4 Å². The predicted octanol–water partition coefficient (Wildman–Crippen LogP) is 5.08. The highest BCUT2D eigenvalue weighted by Crippen LogP contribution is 2.27. The van der Waals surface area contributed by atoms with Crippen LogP contribution >= 0.6 is 23.4 Å². The highest BCUT2D eigenvalue weighted by molar-refractivity contribution is 7.99. The van der Waals surface area contributed by atoms with Crippen LogP contribution in [-0.2, 0) is 11.3 Å². The number of benzene rings is 3. The Morgan fingerprint density at radius 3 is 2.82 bits per heavy atom. The fourth-order valence-electron chi connectivity index (χ4n) is 3.34. The molecule has 0 bridgehead atoms. The molecular weight excluding hydrogens is 472 g/mol. The number of thioether (sulfide) groups is 1. The summed E-state index contributed by atoms with van der Waals surface area (Å²) in [7, 11) is 0. The van der Waals surface area contributed by atoms with Crippen LogP contribution in [0.1, 0.15) is 18.1 Å². The van der Waals surface area contributed by atoms with E-state index in [0.717, 1.165) is 21.8 Å². The number of nitrogens with one attached hydrogen (secondary N) is 1. The minimum atomic E-state index is -0.263. The number of phenols is 1. The SMILES string of the molecule is CCOc1cc(/C=N\NC(=O)CSc2nc3ccccc3n2Cc2ccccc2Cl)ccc1O. The van der Waals surface area contributed by atoms with Gasteiger partial charge in [-0.15, -0.1) is 0 Å². The largest absolute Gasteiger partial charge is 0.504 e. The number of halogens is 1. The van der Waals surface area contributed by atoms with Crippen LogP contribution < -0.4 is 10.2 Å². The standard InChI is InChI=1S/C25H23ClN4O3S/c1-2-33-23-13-17(11-12-22(23)31)14-27-29-24(32)16-34-25-28-20-9-5-6-10-21(20)30(25)15-18-7-3-4-8-19(18)26/h3-14,31H,2,15-16H2,1H3,(H,29,32)/b27-14-. The van der Waals surface area contributed by atoms with Gasteiger partial charge in [0.15, 0.2) is 16.7 Å². The van der Waals surface area contributed by atoms with Crippen molar-refractivity contribution >= 4 is 46.5 Å². The van der Waals surface area contributed by atoms with Gasteiger partial charge in [-0.3, -0.25) is 4.79 Å². The first-order chi connectivity index (χ1) is 16.5. The van der Waals surface area contributed by atoms with Gasteiger partial charge < -0.3 is 14.4 Å². The molecule has 4 rings (SSSR count). The van der Waals surface area contributed by atoms with E-state index in [4.69, 9.17) is 21.3 Å². The van der Waals surface area contributed by atoms with Crippen molar-refractivity contribution in [3.8, 4) is 11.5 Å². The van der Waals surface area contributed by atoms with E-state index in [0.29, 0.717) is 29.5 Å². The molecule has 0 fully saturated rings. The third kappa shape index (κ3) is 5.70. The Morgan fingerprint density at radius 1 is 1.21 bits per heavy atom. The summed E-state index contributed by atoms with van der Waals surface area (Å²) in [4.78, 5) is 17.1. The third-order valence-electron chi connectivity index (χ3n) is 4.92. The number of ether oxygens (including phenoxy) is 1. The maximum Gasteiger partial charge on any atom is 0.250 e. The van der Waals surface area contributed by atoms with Gasteiger partial charge in [0.05, 0.1) is 36.2 Å². The Morgan fingerprint density at radius 2 is 2.00 bits per heavy atom. The first-order valence-electron chi connectivity index (χ1n) is 10.6. The van der Waals surface area contributed by atoms with Gasteiger partial charge in [0.25, 0.3) is 5.91 Å². The molecule has 1 amide bonds. The number of phenolic OH excluding ortho intramolecular Hbond substituents is 1. The molecule has 0 unspecified atom stereocenters. The summed E-state index contributed by atoms with van der Waals surface area (Å²) >= 11 is 7.71. The molecule has 2 N–H and O–H groups in total. The number of nitrogens with zero attached hydrogens (tertiary/aromatic N) is 3. The molecule has 174 valence electrons. The molecule has 0 aliphatic carbocycles. The van der Waals surface area contributed by atoms with Crippen molar-refractivity contribution in [2.75, 3.05) is 12.4 Å². The van der Waals surface area contributed by atoms with Crippen LogP contribution in [0.2, 0.25) is 5.02 Å². The number of aromatic nitrogens is 2. The van der Waals surface area contributed by atoms with Crippen LogP contribution in [0, 0.1) is 0 Å². The summed E-state index contributed by atoms with van der Waals surface area (Å²) in [5, 5.41) is 15.2. The Hall–Kier alpha value is -3.49. The van der Waals surface area contributed by atoms with Crippen LogP contribution in [0.4, 0.5) is 0 Å². The molecule has 1 aromatic heterocycles. The Labute approximate surface area is 206 Å². The van der Waals surface area contributed by atoms with E-state index in [9.17, 15) is 9.90 Å². The second kappa shape index (κ2) is 11.1. The lowest BCUT2D eigenvalue weighted by molar-refractivity contribution is -0.118. The number of aromatic hydroxyl groups is 1. The molecule has 0 aliphatic rings. The quantitative estimate of drug-likeness (QED) is 0.192. The van der Waals surface area contributed by atoms with Crippen molar-refractivity contribution in [3.05, 3.63) is 82.9 Å². The maximum atomic E-state index is 12.4. The zero-order valence-electron chi connectivity index (χ0n) is 18.4.